The lowest BCUT2D eigenvalue weighted by Crippen LogP contribution is -2.41. The third-order valence-electron chi connectivity index (χ3n) is 1.37. The van der Waals surface area contributed by atoms with Crippen molar-refractivity contribution in [2.45, 2.75) is 6.04 Å². The minimum absolute atomic E-state index is 0.0135. The Morgan fingerprint density at radius 3 is 3.00 bits per heavy atom. The highest BCUT2D eigenvalue weighted by molar-refractivity contribution is 6.13. The molecule has 0 aromatic rings. The number of nitrogens with zero attached hydrogens (tertiary/aromatic N) is 1. The minimum Gasteiger partial charge on any atom is -0.395 e. The van der Waals surface area contributed by atoms with Gasteiger partial charge in [0.1, 0.15) is 0 Å². The van der Waals surface area contributed by atoms with Crippen molar-refractivity contribution in [1.82, 2.24) is 4.42 Å². The molecular formula is C5H10ClNO2. The van der Waals surface area contributed by atoms with Crippen molar-refractivity contribution in [3.05, 3.63) is 0 Å². The number of aliphatic hydroxyl groups excluding tert-OH is 1. The summed E-state index contributed by atoms with van der Waals surface area (Å²) in [6.07, 6.45) is 0. The minimum atomic E-state index is -0.0135. The number of aliphatic hydroxyl groups is 1. The molecule has 54 valence electrons. The topological polar surface area (TPSA) is 32.7 Å². The van der Waals surface area contributed by atoms with Crippen LogP contribution in [-0.4, -0.2) is 41.9 Å². The lowest BCUT2D eigenvalue weighted by atomic mass is 10.3. The summed E-state index contributed by atoms with van der Waals surface area (Å²) < 4.78 is 6.64. The molecule has 1 fully saturated rings. The largest absolute Gasteiger partial charge is 0.395 e. The third kappa shape index (κ3) is 1.79. The van der Waals surface area contributed by atoms with Crippen molar-refractivity contribution in [2.75, 3.05) is 26.4 Å². The molecule has 0 aromatic heterocycles. The monoisotopic (exact) mass is 151 g/mol. The average Bonchev–Trinajstić information content (AvgIpc) is 1.89. The lowest BCUT2D eigenvalue weighted by Gasteiger charge is -2.27. The highest BCUT2D eigenvalue weighted by Gasteiger charge is 2.19. The summed E-state index contributed by atoms with van der Waals surface area (Å²) in [7, 11) is 0. The highest BCUT2D eigenvalue weighted by Crippen LogP contribution is 2.07. The van der Waals surface area contributed by atoms with Crippen LogP contribution in [0.15, 0.2) is 0 Å². The van der Waals surface area contributed by atoms with Crippen molar-refractivity contribution >= 4 is 11.8 Å². The van der Waals surface area contributed by atoms with Crippen LogP contribution in [0.4, 0.5) is 0 Å². The molecule has 1 saturated heterocycles. The summed E-state index contributed by atoms with van der Waals surface area (Å²) in [6.45, 7) is 1.98. The summed E-state index contributed by atoms with van der Waals surface area (Å²) in [4.78, 5) is 0. The standard InChI is InChI=1S/C5H10ClNO2/c6-7-1-2-9-4-5(7)3-8/h5,8H,1-4H2/t5-/m1/s1. The second kappa shape index (κ2) is 3.37. The molecule has 0 aliphatic carbocycles. The van der Waals surface area contributed by atoms with Gasteiger partial charge in [-0.3, -0.25) is 0 Å². The third-order valence-corrected chi connectivity index (χ3v) is 1.81. The van der Waals surface area contributed by atoms with Crippen molar-refractivity contribution in [3.63, 3.8) is 0 Å². The van der Waals surface area contributed by atoms with E-state index in [2.05, 4.69) is 0 Å². The number of rotatable bonds is 1. The second-order valence-electron chi connectivity index (χ2n) is 2.03. The van der Waals surface area contributed by atoms with Crippen LogP contribution in [0.3, 0.4) is 0 Å². The Balaban J connectivity index is 2.30. The molecule has 1 N–H and O–H groups in total. The highest BCUT2D eigenvalue weighted by atomic mass is 35.5. The van der Waals surface area contributed by atoms with Gasteiger partial charge in [-0.1, -0.05) is 0 Å². The molecule has 0 saturated carbocycles. The number of hydrogen-bond acceptors (Lipinski definition) is 3. The summed E-state index contributed by atoms with van der Waals surface area (Å²) in [5, 5.41) is 8.66. The van der Waals surface area contributed by atoms with Crippen molar-refractivity contribution in [1.29, 1.82) is 0 Å². The maximum absolute atomic E-state index is 8.66. The van der Waals surface area contributed by atoms with Gasteiger partial charge in [0.2, 0.25) is 0 Å². The smallest absolute Gasteiger partial charge is 0.0717 e. The molecule has 4 heteroatoms. The predicted molar refractivity (Wildman–Crippen MR) is 34.3 cm³/mol. The Kier molecular flexibility index (Phi) is 2.72. The average molecular weight is 152 g/mol. The Bertz CT molecular complexity index is 91.0. The van der Waals surface area contributed by atoms with Gasteiger partial charge in [0, 0.05) is 6.54 Å². The fourth-order valence-corrected chi connectivity index (χ4v) is 0.963. The molecular weight excluding hydrogens is 142 g/mol. The predicted octanol–water partition coefficient (Wildman–Crippen LogP) is -0.167. The molecule has 0 spiro atoms. The molecule has 0 bridgehead atoms. The first-order valence-corrected chi connectivity index (χ1v) is 3.29. The summed E-state index contributed by atoms with van der Waals surface area (Å²) in [5.74, 6) is 0. The van der Waals surface area contributed by atoms with Gasteiger partial charge in [0.25, 0.3) is 0 Å². The number of halogens is 1. The van der Waals surface area contributed by atoms with E-state index in [-0.39, 0.29) is 12.6 Å². The van der Waals surface area contributed by atoms with E-state index in [1.165, 1.54) is 0 Å². The molecule has 0 radical (unpaired) electrons. The zero-order valence-corrected chi connectivity index (χ0v) is 5.84. The van der Waals surface area contributed by atoms with Crippen molar-refractivity contribution in [3.8, 4) is 0 Å². The maximum Gasteiger partial charge on any atom is 0.0717 e. The van der Waals surface area contributed by atoms with Crippen LogP contribution in [0, 0.1) is 0 Å². The quantitative estimate of drug-likeness (QED) is 0.529. The van der Waals surface area contributed by atoms with Gasteiger partial charge < -0.3 is 9.84 Å². The summed E-state index contributed by atoms with van der Waals surface area (Å²) in [5.41, 5.74) is 0. The molecule has 1 atom stereocenters. The van der Waals surface area contributed by atoms with Crippen LogP contribution in [0.1, 0.15) is 0 Å². The van der Waals surface area contributed by atoms with E-state index in [0.717, 1.165) is 0 Å². The van der Waals surface area contributed by atoms with Crippen LogP contribution in [0.5, 0.6) is 0 Å². The van der Waals surface area contributed by atoms with Gasteiger partial charge in [-0.15, -0.1) is 0 Å². The Morgan fingerprint density at radius 1 is 1.78 bits per heavy atom. The summed E-state index contributed by atoms with van der Waals surface area (Å²) >= 11 is 5.68. The molecule has 0 unspecified atom stereocenters. The van der Waals surface area contributed by atoms with Crippen LogP contribution >= 0.6 is 11.8 Å². The van der Waals surface area contributed by atoms with Crippen LogP contribution < -0.4 is 0 Å². The fraction of sp³-hybridized carbons (Fsp3) is 1.00. The van der Waals surface area contributed by atoms with Crippen molar-refractivity contribution < 1.29 is 9.84 Å². The Morgan fingerprint density at radius 2 is 2.56 bits per heavy atom. The van der Waals surface area contributed by atoms with Gasteiger partial charge in [0.15, 0.2) is 0 Å². The van der Waals surface area contributed by atoms with Crippen molar-refractivity contribution in [2.24, 2.45) is 0 Å². The van der Waals surface area contributed by atoms with Crippen LogP contribution in [-0.2, 0) is 4.74 Å². The second-order valence-corrected chi connectivity index (χ2v) is 2.47. The van der Waals surface area contributed by atoms with Gasteiger partial charge in [0.05, 0.1) is 25.9 Å². The zero-order chi connectivity index (χ0) is 6.69. The van der Waals surface area contributed by atoms with Gasteiger partial charge in [-0.05, 0) is 11.8 Å². The molecule has 9 heavy (non-hydrogen) atoms. The number of ether oxygens (including phenoxy) is 1. The van der Waals surface area contributed by atoms with Gasteiger partial charge in [-0.2, -0.15) is 0 Å². The van der Waals surface area contributed by atoms with E-state index >= 15 is 0 Å². The normalized spacial score (nSPS) is 30.7. The first kappa shape index (κ1) is 7.28. The molecule has 1 heterocycles. The van der Waals surface area contributed by atoms with E-state index in [0.29, 0.717) is 19.8 Å². The van der Waals surface area contributed by atoms with E-state index in [9.17, 15) is 0 Å². The summed E-state index contributed by atoms with van der Waals surface area (Å²) in [6, 6.07) is -0.0135. The van der Waals surface area contributed by atoms with Crippen LogP contribution in [0.25, 0.3) is 0 Å². The fourth-order valence-electron chi connectivity index (χ4n) is 0.776. The molecule has 0 amide bonds. The first-order valence-electron chi connectivity index (χ1n) is 2.95. The molecule has 0 aromatic carbocycles. The van der Waals surface area contributed by atoms with E-state index in [4.69, 9.17) is 21.6 Å². The Hall–Kier alpha value is 0.170. The molecule has 1 aliphatic heterocycles. The van der Waals surface area contributed by atoms with Gasteiger partial charge in [-0.25, -0.2) is 4.42 Å². The Labute approximate surface area is 59.3 Å². The molecule has 1 aliphatic rings. The maximum atomic E-state index is 8.66. The SMILES string of the molecule is OC[C@@H]1COCCN1Cl. The lowest BCUT2D eigenvalue weighted by molar-refractivity contribution is 0.0118. The zero-order valence-electron chi connectivity index (χ0n) is 5.09. The van der Waals surface area contributed by atoms with Gasteiger partial charge >= 0.3 is 0 Å². The van der Waals surface area contributed by atoms with E-state index in [1.54, 1.807) is 4.42 Å². The number of morpholine rings is 1. The number of hydrogen-bond donors (Lipinski definition) is 1. The van der Waals surface area contributed by atoms with E-state index < -0.39 is 0 Å². The first-order chi connectivity index (χ1) is 4.34. The van der Waals surface area contributed by atoms with Crippen LogP contribution in [0.2, 0.25) is 0 Å². The molecule has 1 rings (SSSR count). The van der Waals surface area contributed by atoms with E-state index in [1.807, 2.05) is 0 Å². The molecule has 3 nitrogen and oxygen atoms in total.